The van der Waals surface area contributed by atoms with Gasteiger partial charge in [0.25, 0.3) is 0 Å². The number of likely N-dealkylation sites (N-methyl/N-ethyl adjacent to an activating group) is 1. The number of carbonyl (C=O) groups excluding carboxylic acids is 2. The van der Waals surface area contributed by atoms with Crippen LogP contribution in [0.5, 0.6) is 0 Å². The zero-order valence-corrected chi connectivity index (χ0v) is 33.1. The van der Waals surface area contributed by atoms with Crippen LogP contribution in [-0.4, -0.2) is 115 Å². The van der Waals surface area contributed by atoms with Gasteiger partial charge in [0.15, 0.2) is 0 Å². The minimum Gasteiger partial charge on any atom is -0.400 e. The van der Waals surface area contributed by atoms with E-state index in [1.54, 1.807) is 0 Å². The number of H-pyrrole nitrogens is 1. The van der Waals surface area contributed by atoms with E-state index < -0.39 is 0 Å². The molecule has 1 aromatic heterocycles. The second-order valence-corrected chi connectivity index (χ2v) is 14.6. The number of aromatic nitrogens is 2. The summed E-state index contributed by atoms with van der Waals surface area (Å²) in [6.07, 6.45) is 13.4. The number of hydrogen-bond acceptors (Lipinski definition) is 11. The van der Waals surface area contributed by atoms with Gasteiger partial charge in [-0.25, -0.2) is 4.98 Å². The fourth-order valence-electron chi connectivity index (χ4n) is 8.25. The molecule has 12 heteroatoms. The largest absolute Gasteiger partial charge is 0.400 e. The number of aliphatic imine (C=N–C) groups is 1. The van der Waals surface area contributed by atoms with E-state index >= 15 is 0 Å². The van der Waals surface area contributed by atoms with Gasteiger partial charge in [0.2, 0.25) is 0 Å². The van der Waals surface area contributed by atoms with Gasteiger partial charge in [-0.05, 0) is 99.3 Å². The van der Waals surface area contributed by atoms with Crippen LogP contribution in [0.1, 0.15) is 69.8 Å². The number of fused-ring (bicyclic) bond motifs is 4. The number of aldehydes is 2. The fraction of sp³-hybridized carbons (Fsp3) is 0.524. The first-order valence-electron chi connectivity index (χ1n) is 19.0. The number of nitrogens with one attached hydrogen (secondary N) is 2. The monoisotopic (exact) mass is 745 g/mol. The average Bonchev–Trinajstić information content (AvgIpc) is 4.08. The third-order valence-corrected chi connectivity index (χ3v) is 11.3. The van der Waals surface area contributed by atoms with Crippen molar-refractivity contribution in [3.8, 4) is 22.4 Å². The van der Waals surface area contributed by atoms with Crippen LogP contribution >= 0.6 is 0 Å². The maximum absolute atomic E-state index is 9.82. The lowest BCUT2D eigenvalue weighted by Crippen LogP contribution is -2.43. The number of aliphatic hydroxyl groups excluding tert-OH is 2. The zero-order chi connectivity index (χ0) is 39.8. The van der Waals surface area contributed by atoms with E-state index in [2.05, 4.69) is 100 Å². The topological polar surface area (TPSA) is 186 Å². The zero-order valence-electron chi connectivity index (χ0n) is 33.1. The van der Waals surface area contributed by atoms with E-state index in [4.69, 9.17) is 25.7 Å². The van der Waals surface area contributed by atoms with Crippen LogP contribution in [0.4, 0.5) is 0 Å². The van der Waals surface area contributed by atoms with Crippen molar-refractivity contribution in [2.45, 2.75) is 82.6 Å². The molecular formula is C42H64N8O4. The Balaban J connectivity index is 0.000000452. The molecule has 0 amide bonds. The van der Waals surface area contributed by atoms with Crippen molar-refractivity contribution in [2.75, 3.05) is 41.4 Å². The standard InChI is InChI=1S/C33H40N6.C5H11NO.C2H5NO.2CH4O/c1-34-18-29(35-20-31-25-12-14-27(16-25)38(31)2)23-8-4-21(5-9-23)22-6-10-24(11-7-22)30-19-36-33(37-30)32-26-13-15-28(17-26)39(32)3;1-4(2)5(6)3-7;3-1-2-4;2*1-2/h4-11,18-19,25-28,31-32,35H,1,12-17,20H2,2-3H3,(H,36,37);3-5H,6H2,1-2H3;2H,1,3H2;2*2H,1H3/b29-18-;;;;. The molecule has 2 aromatic carbocycles. The van der Waals surface area contributed by atoms with Crippen molar-refractivity contribution in [3.05, 3.63) is 72.3 Å². The number of piperidine rings is 2. The molecule has 8 N–H and O–H groups in total. The van der Waals surface area contributed by atoms with E-state index in [9.17, 15) is 4.79 Å². The Morgan fingerprint density at radius 2 is 1.46 bits per heavy atom. The molecule has 4 aliphatic rings. The van der Waals surface area contributed by atoms with E-state index in [1.807, 2.05) is 26.2 Å². The average molecular weight is 745 g/mol. The van der Waals surface area contributed by atoms with Crippen LogP contribution in [-0.2, 0) is 9.59 Å². The Kier molecular flexibility index (Phi) is 18.4. The number of nitrogens with two attached hydrogens (primary N) is 2. The molecule has 54 heavy (non-hydrogen) atoms. The van der Waals surface area contributed by atoms with E-state index in [0.717, 1.165) is 73.7 Å². The number of hydrogen-bond donors (Lipinski definition) is 6. The predicted molar refractivity (Wildman–Crippen MR) is 220 cm³/mol. The van der Waals surface area contributed by atoms with Gasteiger partial charge in [-0.2, -0.15) is 0 Å². The Bertz CT molecular complexity index is 1590. The quantitative estimate of drug-likeness (QED) is 0.121. The highest BCUT2D eigenvalue weighted by Crippen LogP contribution is 2.48. The number of benzene rings is 2. The molecule has 2 saturated carbocycles. The van der Waals surface area contributed by atoms with Gasteiger partial charge in [0.05, 0.1) is 29.7 Å². The molecule has 12 nitrogen and oxygen atoms in total. The summed E-state index contributed by atoms with van der Waals surface area (Å²) in [6, 6.07) is 19.9. The number of nitrogens with zero attached hydrogens (tertiary/aromatic N) is 4. The summed E-state index contributed by atoms with van der Waals surface area (Å²) in [5.41, 5.74) is 16.8. The Morgan fingerprint density at radius 3 is 1.93 bits per heavy atom. The van der Waals surface area contributed by atoms with Crippen molar-refractivity contribution >= 4 is 25.0 Å². The number of aliphatic hydroxyl groups is 2. The first kappa shape index (κ1) is 44.4. The summed E-state index contributed by atoms with van der Waals surface area (Å²) < 4.78 is 0. The second-order valence-electron chi connectivity index (χ2n) is 14.6. The van der Waals surface area contributed by atoms with E-state index in [1.165, 1.54) is 55.2 Å². The number of likely N-dealkylation sites (tertiary alicyclic amines) is 2. The van der Waals surface area contributed by atoms with Gasteiger partial charge in [0, 0.05) is 51.6 Å². The minimum atomic E-state index is -0.278. The Morgan fingerprint density at radius 1 is 0.926 bits per heavy atom. The van der Waals surface area contributed by atoms with Crippen LogP contribution in [0.25, 0.3) is 28.1 Å². The molecule has 2 saturated heterocycles. The number of carbonyl (C=O) groups is 2. The summed E-state index contributed by atoms with van der Waals surface area (Å²) in [7, 11) is 6.55. The van der Waals surface area contributed by atoms with Crippen LogP contribution in [0.2, 0.25) is 0 Å². The highest BCUT2D eigenvalue weighted by Gasteiger charge is 2.46. The Hall–Kier alpha value is -4.04. The summed E-state index contributed by atoms with van der Waals surface area (Å²) in [5.74, 6) is 2.97. The predicted octanol–water partition coefficient (Wildman–Crippen LogP) is 4.50. The highest BCUT2D eigenvalue weighted by molar-refractivity contribution is 5.72. The van der Waals surface area contributed by atoms with Gasteiger partial charge < -0.3 is 41.6 Å². The fourth-order valence-corrected chi connectivity index (χ4v) is 8.25. The van der Waals surface area contributed by atoms with E-state index in [0.29, 0.717) is 18.4 Å². The van der Waals surface area contributed by atoms with Crippen molar-refractivity contribution < 1.29 is 19.8 Å². The SMILES string of the molecule is C=N/C=C(\NCC1C2CCC(C2)N1C)c1ccc(-c2ccc(-c3cnc(C4C5CCC(C5)N4C)[nH]3)cc2)cc1.CC(C)C(N)C=O.CO.CO.NCC=O. The van der Waals surface area contributed by atoms with Crippen LogP contribution in [0, 0.1) is 17.8 Å². The van der Waals surface area contributed by atoms with Crippen LogP contribution < -0.4 is 16.8 Å². The number of rotatable bonds is 11. The van der Waals surface area contributed by atoms with Crippen molar-refractivity contribution in [2.24, 2.45) is 34.2 Å². The molecule has 7 unspecified atom stereocenters. The molecule has 7 rings (SSSR count). The molecule has 2 aliphatic heterocycles. The maximum Gasteiger partial charge on any atom is 0.136 e. The lowest BCUT2D eigenvalue weighted by Gasteiger charge is -2.32. The van der Waals surface area contributed by atoms with Gasteiger partial charge >= 0.3 is 0 Å². The summed E-state index contributed by atoms with van der Waals surface area (Å²) in [4.78, 5) is 36.5. The highest BCUT2D eigenvalue weighted by atomic mass is 16.2. The molecule has 4 bridgehead atoms. The molecule has 2 aliphatic carbocycles. The summed E-state index contributed by atoms with van der Waals surface area (Å²) >= 11 is 0. The van der Waals surface area contributed by atoms with E-state index in [-0.39, 0.29) is 18.5 Å². The second kappa shape index (κ2) is 22.4. The van der Waals surface area contributed by atoms with Crippen molar-refractivity contribution in [1.29, 1.82) is 0 Å². The van der Waals surface area contributed by atoms with Gasteiger partial charge in [0.1, 0.15) is 18.4 Å². The van der Waals surface area contributed by atoms with Crippen LogP contribution in [0.15, 0.2) is 65.9 Å². The third kappa shape index (κ3) is 11.0. The molecular weight excluding hydrogens is 681 g/mol. The first-order chi connectivity index (χ1) is 26.2. The minimum absolute atomic E-state index is 0.139. The van der Waals surface area contributed by atoms with Gasteiger partial charge in [-0.3, -0.25) is 14.8 Å². The van der Waals surface area contributed by atoms with Crippen molar-refractivity contribution in [1.82, 2.24) is 25.1 Å². The molecule has 3 heterocycles. The molecule has 0 radical (unpaired) electrons. The lowest BCUT2D eigenvalue weighted by atomic mass is 9.98. The van der Waals surface area contributed by atoms with Crippen molar-refractivity contribution in [3.63, 3.8) is 0 Å². The van der Waals surface area contributed by atoms with Gasteiger partial charge in [-0.1, -0.05) is 62.4 Å². The summed E-state index contributed by atoms with van der Waals surface area (Å²) in [5, 5.41) is 17.7. The van der Waals surface area contributed by atoms with Gasteiger partial charge in [-0.15, -0.1) is 0 Å². The Labute approximate surface area is 322 Å². The smallest absolute Gasteiger partial charge is 0.136 e. The maximum atomic E-state index is 9.82. The first-order valence-corrected chi connectivity index (χ1v) is 19.0. The molecule has 4 fully saturated rings. The molecule has 0 spiro atoms. The normalized spacial score (nSPS) is 24.5. The molecule has 3 aromatic rings. The lowest BCUT2D eigenvalue weighted by molar-refractivity contribution is -0.109. The summed E-state index contributed by atoms with van der Waals surface area (Å²) in [6.45, 7) is 8.63. The third-order valence-electron chi connectivity index (χ3n) is 11.3. The number of aromatic amines is 1. The number of imidazole rings is 1. The molecule has 7 atom stereocenters. The molecule has 296 valence electrons. The van der Waals surface area contributed by atoms with Crippen LogP contribution in [0.3, 0.4) is 0 Å².